The third-order valence-electron chi connectivity index (χ3n) is 2.56. The number of nitrogens with two attached hydrogens (primary N) is 1. The van der Waals surface area contributed by atoms with Gasteiger partial charge < -0.3 is 10.6 Å². The molecule has 0 aromatic heterocycles. The fourth-order valence-electron chi connectivity index (χ4n) is 1.36. The van der Waals surface area contributed by atoms with Crippen molar-refractivity contribution in [3.8, 4) is 0 Å². The van der Waals surface area contributed by atoms with E-state index in [2.05, 4.69) is 50.1 Å². The average molecular weight is 224 g/mol. The number of anilines is 1. The molecule has 0 amide bonds. The average Bonchev–Trinajstić information content (AvgIpc) is 2.28. The maximum absolute atomic E-state index is 5.64. The van der Waals surface area contributed by atoms with Gasteiger partial charge in [-0.2, -0.15) is 0 Å². The summed E-state index contributed by atoms with van der Waals surface area (Å²) in [5, 5.41) is 0. The van der Waals surface area contributed by atoms with E-state index in [1.807, 2.05) is 11.8 Å². The standard InChI is InChI=1S/C12H20N2S/c1-4-15-12-7-5-11(6-8-12)14(3)10(2)9-13/h5-8,10H,4,9,13H2,1-3H3. The van der Waals surface area contributed by atoms with E-state index >= 15 is 0 Å². The van der Waals surface area contributed by atoms with Crippen molar-refractivity contribution in [1.29, 1.82) is 0 Å². The largest absolute Gasteiger partial charge is 0.371 e. The number of rotatable bonds is 5. The van der Waals surface area contributed by atoms with Crippen molar-refractivity contribution in [3.63, 3.8) is 0 Å². The first kappa shape index (κ1) is 12.4. The molecule has 2 nitrogen and oxygen atoms in total. The van der Waals surface area contributed by atoms with Gasteiger partial charge in [0.25, 0.3) is 0 Å². The molecule has 84 valence electrons. The molecule has 1 aromatic rings. The lowest BCUT2D eigenvalue weighted by Crippen LogP contribution is -2.35. The van der Waals surface area contributed by atoms with Gasteiger partial charge in [0.05, 0.1) is 0 Å². The third-order valence-corrected chi connectivity index (χ3v) is 3.45. The van der Waals surface area contributed by atoms with Crippen LogP contribution in [0.4, 0.5) is 5.69 Å². The molecule has 0 aliphatic carbocycles. The van der Waals surface area contributed by atoms with Crippen LogP contribution in [-0.4, -0.2) is 25.4 Å². The van der Waals surface area contributed by atoms with Gasteiger partial charge >= 0.3 is 0 Å². The second-order valence-electron chi connectivity index (χ2n) is 3.62. The third kappa shape index (κ3) is 3.43. The van der Waals surface area contributed by atoms with Crippen LogP contribution in [0.1, 0.15) is 13.8 Å². The quantitative estimate of drug-likeness (QED) is 0.780. The predicted molar refractivity (Wildman–Crippen MR) is 69.8 cm³/mol. The number of benzene rings is 1. The Labute approximate surface area is 96.8 Å². The molecule has 0 radical (unpaired) electrons. The van der Waals surface area contributed by atoms with E-state index in [-0.39, 0.29) is 0 Å². The van der Waals surface area contributed by atoms with Crippen molar-refractivity contribution in [1.82, 2.24) is 0 Å². The summed E-state index contributed by atoms with van der Waals surface area (Å²) in [6.07, 6.45) is 0. The van der Waals surface area contributed by atoms with E-state index in [9.17, 15) is 0 Å². The Morgan fingerprint density at radius 3 is 2.40 bits per heavy atom. The summed E-state index contributed by atoms with van der Waals surface area (Å²) in [4.78, 5) is 3.54. The monoisotopic (exact) mass is 224 g/mol. The van der Waals surface area contributed by atoms with Crippen LogP contribution in [0.3, 0.4) is 0 Å². The van der Waals surface area contributed by atoms with Gasteiger partial charge in [-0.05, 0) is 36.9 Å². The zero-order valence-corrected chi connectivity index (χ0v) is 10.6. The molecule has 15 heavy (non-hydrogen) atoms. The molecular formula is C12H20N2S. The summed E-state index contributed by atoms with van der Waals surface area (Å²) < 4.78 is 0. The fourth-order valence-corrected chi connectivity index (χ4v) is 2.02. The first-order valence-corrected chi connectivity index (χ1v) is 6.33. The molecule has 1 aromatic carbocycles. The zero-order valence-electron chi connectivity index (χ0n) is 9.73. The van der Waals surface area contributed by atoms with Gasteiger partial charge in [-0.15, -0.1) is 11.8 Å². The molecule has 1 unspecified atom stereocenters. The zero-order chi connectivity index (χ0) is 11.3. The maximum atomic E-state index is 5.64. The number of nitrogens with zero attached hydrogens (tertiary/aromatic N) is 1. The van der Waals surface area contributed by atoms with Crippen molar-refractivity contribution >= 4 is 17.4 Å². The molecule has 3 heteroatoms. The Hall–Kier alpha value is -0.670. The van der Waals surface area contributed by atoms with Crippen LogP contribution < -0.4 is 10.6 Å². The second-order valence-corrected chi connectivity index (χ2v) is 4.96. The predicted octanol–water partition coefficient (Wildman–Crippen LogP) is 2.58. The van der Waals surface area contributed by atoms with Crippen LogP contribution >= 0.6 is 11.8 Å². The van der Waals surface area contributed by atoms with Gasteiger partial charge in [0.2, 0.25) is 0 Å². The minimum atomic E-state index is 0.384. The lowest BCUT2D eigenvalue weighted by molar-refractivity contribution is 0.695. The lowest BCUT2D eigenvalue weighted by atomic mass is 10.2. The first-order chi connectivity index (χ1) is 7.19. The minimum absolute atomic E-state index is 0.384. The highest BCUT2D eigenvalue weighted by Gasteiger charge is 2.07. The summed E-state index contributed by atoms with van der Waals surface area (Å²) in [6, 6.07) is 9.04. The number of thioether (sulfide) groups is 1. The molecular weight excluding hydrogens is 204 g/mol. The molecule has 0 heterocycles. The molecule has 0 saturated carbocycles. The van der Waals surface area contributed by atoms with Gasteiger partial charge in [0.1, 0.15) is 0 Å². The van der Waals surface area contributed by atoms with Crippen molar-refractivity contribution in [2.24, 2.45) is 5.73 Å². The highest BCUT2D eigenvalue weighted by atomic mass is 32.2. The van der Waals surface area contributed by atoms with E-state index in [0.29, 0.717) is 12.6 Å². The van der Waals surface area contributed by atoms with E-state index in [1.54, 1.807) is 0 Å². The SMILES string of the molecule is CCSc1ccc(N(C)C(C)CN)cc1. The summed E-state index contributed by atoms with van der Waals surface area (Å²) in [6.45, 7) is 4.98. The molecule has 1 atom stereocenters. The summed E-state index contributed by atoms with van der Waals surface area (Å²) in [5.74, 6) is 1.12. The number of hydrogen-bond acceptors (Lipinski definition) is 3. The number of likely N-dealkylation sites (N-methyl/N-ethyl adjacent to an activating group) is 1. The Bertz CT molecular complexity index is 284. The molecule has 0 aliphatic heterocycles. The van der Waals surface area contributed by atoms with Crippen LogP contribution in [0.5, 0.6) is 0 Å². The fraction of sp³-hybridized carbons (Fsp3) is 0.500. The van der Waals surface area contributed by atoms with E-state index < -0.39 is 0 Å². The van der Waals surface area contributed by atoms with Crippen LogP contribution in [-0.2, 0) is 0 Å². The van der Waals surface area contributed by atoms with Crippen LogP contribution in [0.25, 0.3) is 0 Å². The maximum Gasteiger partial charge on any atom is 0.0380 e. The van der Waals surface area contributed by atoms with Gasteiger partial charge in [0, 0.05) is 30.2 Å². The minimum Gasteiger partial charge on any atom is -0.371 e. The smallest absolute Gasteiger partial charge is 0.0380 e. The number of hydrogen-bond donors (Lipinski definition) is 1. The van der Waals surface area contributed by atoms with Gasteiger partial charge in [-0.3, -0.25) is 0 Å². The van der Waals surface area contributed by atoms with Crippen molar-refractivity contribution in [3.05, 3.63) is 24.3 Å². The lowest BCUT2D eigenvalue weighted by Gasteiger charge is -2.25. The van der Waals surface area contributed by atoms with Gasteiger partial charge in [0.15, 0.2) is 0 Å². The van der Waals surface area contributed by atoms with Crippen LogP contribution in [0.15, 0.2) is 29.2 Å². The molecule has 0 fully saturated rings. The molecule has 0 spiro atoms. The van der Waals surface area contributed by atoms with Crippen LogP contribution in [0, 0.1) is 0 Å². The Morgan fingerprint density at radius 1 is 1.33 bits per heavy atom. The molecule has 0 aliphatic rings. The Balaban J connectivity index is 2.70. The molecule has 0 bridgehead atoms. The second kappa shape index (κ2) is 6.03. The van der Waals surface area contributed by atoms with Crippen molar-refractivity contribution in [2.75, 3.05) is 24.2 Å². The van der Waals surface area contributed by atoms with Crippen LogP contribution in [0.2, 0.25) is 0 Å². The summed E-state index contributed by atoms with van der Waals surface area (Å²) in [5.41, 5.74) is 6.87. The van der Waals surface area contributed by atoms with Crippen molar-refractivity contribution < 1.29 is 0 Å². The van der Waals surface area contributed by atoms with E-state index in [4.69, 9.17) is 5.73 Å². The van der Waals surface area contributed by atoms with Gasteiger partial charge in [-0.25, -0.2) is 0 Å². The topological polar surface area (TPSA) is 29.3 Å². The Morgan fingerprint density at radius 2 is 1.93 bits per heavy atom. The van der Waals surface area contributed by atoms with Crippen molar-refractivity contribution in [2.45, 2.75) is 24.8 Å². The highest BCUT2D eigenvalue weighted by Crippen LogP contribution is 2.22. The van der Waals surface area contributed by atoms with E-state index in [0.717, 1.165) is 5.75 Å². The van der Waals surface area contributed by atoms with Gasteiger partial charge in [-0.1, -0.05) is 6.92 Å². The first-order valence-electron chi connectivity index (χ1n) is 5.34. The molecule has 2 N–H and O–H groups in total. The van der Waals surface area contributed by atoms with E-state index in [1.165, 1.54) is 10.6 Å². The Kier molecular flexibility index (Phi) is 4.99. The normalized spacial score (nSPS) is 12.5. The molecule has 1 rings (SSSR count). The highest BCUT2D eigenvalue weighted by molar-refractivity contribution is 7.99. The molecule has 0 saturated heterocycles. The summed E-state index contributed by atoms with van der Waals surface area (Å²) >= 11 is 1.87. The summed E-state index contributed by atoms with van der Waals surface area (Å²) in [7, 11) is 2.08.